The van der Waals surface area contributed by atoms with Gasteiger partial charge in [-0.25, -0.2) is 4.79 Å². The van der Waals surface area contributed by atoms with E-state index >= 15 is 0 Å². The number of hydrogen-bond donors (Lipinski definition) is 0. The number of rotatable bonds is 14. The number of quaternary nitrogens is 1. The van der Waals surface area contributed by atoms with Crippen LogP contribution >= 0.6 is 11.7 Å². The summed E-state index contributed by atoms with van der Waals surface area (Å²) in [6.07, 6.45) is 11.1. The van der Waals surface area contributed by atoms with Gasteiger partial charge in [0, 0.05) is 18.9 Å². The van der Waals surface area contributed by atoms with Crippen LogP contribution in [0.2, 0.25) is 0 Å². The van der Waals surface area contributed by atoms with Gasteiger partial charge in [-0.1, -0.05) is 58.4 Å². The molecule has 1 aliphatic heterocycles. The quantitative estimate of drug-likeness (QED) is 0.201. The van der Waals surface area contributed by atoms with Crippen LogP contribution in [0, 0.1) is 0 Å². The molecule has 8 heteroatoms. The molecular weight excluding hydrogens is 414 g/mol. The monoisotopic (exact) mass is 454 g/mol. The fourth-order valence-corrected chi connectivity index (χ4v) is 4.23. The number of ether oxygens (including phenoxy) is 3. The molecular formula is C23H40N3O4S+. The van der Waals surface area contributed by atoms with Crippen LogP contribution in [-0.2, 0) is 9.47 Å². The van der Waals surface area contributed by atoms with Gasteiger partial charge in [0.1, 0.15) is 12.2 Å². The van der Waals surface area contributed by atoms with Crippen LogP contribution in [0.4, 0.5) is 4.79 Å². The highest BCUT2D eigenvalue weighted by atomic mass is 32.1. The van der Waals surface area contributed by atoms with Crippen molar-refractivity contribution in [2.24, 2.45) is 0 Å². The SMILES string of the molecule is CCCCCCOC(=O)O[C@H](C)[N+]1(C)CCC=C(c2nsnc2OCCCCCC)C1. The third kappa shape index (κ3) is 8.41. The predicted octanol–water partition coefficient (Wildman–Crippen LogP) is 5.81. The molecule has 0 spiro atoms. The van der Waals surface area contributed by atoms with Crippen LogP contribution in [0.1, 0.15) is 84.3 Å². The summed E-state index contributed by atoms with van der Waals surface area (Å²) >= 11 is 1.18. The summed E-state index contributed by atoms with van der Waals surface area (Å²) in [5, 5.41) is 0. The van der Waals surface area contributed by atoms with E-state index in [0.717, 1.165) is 56.3 Å². The molecule has 0 saturated carbocycles. The van der Waals surface area contributed by atoms with Crippen LogP contribution in [-0.4, -0.2) is 59.0 Å². The first kappa shape index (κ1) is 25.6. The Morgan fingerprint density at radius 3 is 2.52 bits per heavy atom. The van der Waals surface area contributed by atoms with E-state index in [4.69, 9.17) is 14.2 Å². The first-order chi connectivity index (χ1) is 15.0. The molecule has 0 aromatic carbocycles. The van der Waals surface area contributed by atoms with E-state index in [1.54, 1.807) is 0 Å². The standard InChI is InChI=1S/C23H40N3O4S/c1-5-7-9-11-16-28-22-21(24-31-25-22)20-14-13-15-26(4,18-20)19(3)30-23(27)29-17-12-10-8-6-2/h14,19H,5-13,15-18H2,1-4H3/q+1/t19-,26?/m1/s1. The van der Waals surface area contributed by atoms with Gasteiger partial charge in [0.2, 0.25) is 6.23 Å². The van der Waals surface area contributed by atoms with Crippen molar-refractivity contribution in [3.05, 3.63) is 11.8 Å². The second kappa shape index (κ2) is 13.7. The van der Waals surface area contributed by atoms with Crippen LogP contribution < -0.4 is 4.74 Å². The molecule has 7 nitrogen and oxygen atoms in total. The lowest BCUT2D eigenvalue weighted by Gasteiger charge is -2.41. The van der Waals surface area contributed by atoms with E-state index in [2.05, 4.69) is 35.7 Å². The number of carbonyl (C=O) groups is 1. The van der Waals surface area contributed by atoms with Gasteiger partial charge in [-0.05, 0) is 12.8 Å². The summed E-state index contributed by atoms with van der Waals surface area (Å²) in [6.45, 7) is 8.98. The lowest BCUT2D eigenvalue weighted by atomic mass is 10.0. The second-order valence-electron chi connectivity index (χ2n) is 8.58. The smallest absolute Gasteiger partial charge is 0.475 e. The van der Waals surface area contributed by atoms with Crippen molar-refractivity contribution in [3.8, 4) is 5.88 Å². The van der Waals surface area contributed by atoms with Crippen molar-refractivity contribution in [1.29, 1.82) is 0 Å². The molecule has 0 amide bonds. The van der Waals surface area contributed by atoms with Crippen molar-refractivity contribution in [1.82, 2.24) is 8.75 Å². The topological polar surface area (TPSA) is 70.5 Å². The highest BCUT2D eigenvalue weighted by molar-refractivity contribution is 6.99. The molecule has 0 saturated heterocycles. The Morgan fingerprint density at radius 1 is 1.10 bits per heavy atom. The van der Waals surface area contributed by atoms with Gasteiger partial charge in [-0.3, -0.25) is 4.48 Å². The number of hydrogen-bond acceptors (Lipinski definition) is 7. The third-order valence-electron chi connectivity index (χ3n) is 5.92. The van der Waals surface area contributed by atoms with Crippen LogP contribution in [0.3, 0.4) is 0 Å². The van der Waals surface area contributed by atoms with Gasteiger partial charge < -0.3 is 14.2 Å². The molecule has 0 radical (unpaired) electrons. The predicted molar refractivity (Wildman–Crippen MR) is 124 cm³/mol. The Morgan fingerprint density at radius 2 is 1.81 bits per heavy atom. The number of unbranched alkanes of at least 4 members (excludes halogenated alkanes) is 6. The minimum atomic E-state index is -0.578. The third-order valence-corrected chi connectivity index (χ3v) is 6.44. The lowest BCUT2D eigenvalue weighted by molar-refractivity contribution is -0.944. The summed E-state index contributed by atoms with van der Waals surface area (Å²) in [5.41, 5.74) is 1.93. The number of aromatic nitrogens is 2. The van der Waals surface area contributed by atoms with E-state index in [1.807, 2.05) is 6.92 Å². The summed E-state index contributed by atoms with van der Waals surface area (Å²) in [6, 6.07) is 0. The fraction of sp³-hybridized carbons (Fsp3) is 0.783. The minimum absolute atomic E-state index is 0.308. The minimum Gasteiger partial charge on any atom is -0.475 e. The van der Waals surface area contributed by atoms with E-state index in [9.17, 15) is 4.79 Å². The highest BCUT2D eigenvalue weighted by Crippen LogP contribution is 2.31. The van der Waals surface area contributed by atoms with Crippen LogP contribution in [0.25, 0.3) is 5.57 Å². The Bertz CT molecular complexity index is 694. The zero-order chi connectivity index (χ0) is 22.5. The molecule has 0 bridgehead atoms. The van der Waals surface area contributed by atoms with Gasteiger partial charge in [-0.15, -0.1) is 4.37 Å². The Kier molecular flexibility index (Phi) is 11.3. The van der Waals surface area contributed by atoms with Crippen molar-refractivity contribution in [2.75, 3.05) is 33.4 Å². The Balaban J connectivity index is 1.87. The second-order valence-corrected chi connectivity index (χ2v) is 9.11. The molecule has 1 aliphatic rings. The van der Waals surface area contributed by atoms with Crippen molar-refractivity contribution >= 4 is 23.5 Å². The van der Waals surface area contributed by atoms with E-state index in [0.29, 0.717) is 30.1 Å². The molecule has 2 atom stereocenters. The van der Waals surface area contributed by atoms with Crippen LogP contribution in [0.15, 0.2) is 6.08 Å². The molecule has 31 heavy (non-hydrogen) atoms. The van der Waals surface area contributed by atoms with Gasteiger partial charge in [0.25, 0.3) is 5.88 Å². The van der Waals surface area contributed by atoms with Gasteiger partial charge >= 0.3 is 6.16 Å². The maximum absolute atomic E-state index is 12.1. The summed E-state index contributed by atoms with van der Waals surface area (Å²) in [7, 11) is 2.11. The van der Waals surface area contributed by atoms with Gasteiger partial charge in [0.15, 0.2) is 0 Å². The molecule has 1 unspecified atom stereocenters. The number of carbonyl (C=O) groups excluding carboxylic acids is 1. The first-order valence-corrected chi connectivity index (χ1v) is 12.6. The molecule has 2 rings (SSSR count). The average Bonchev–Trinajstić information content (AvgIpc) is 3.22. The largest absolute Gasteiger partial charge is 0.512 e. The highest BCUT2D eigenvalue weighted by Gasteiger charge is 2.37. The maximum atomic E-state index is 12.1. The number of likely N-dealkylation sites (N-methyl/N-ethyl adjacent to an activating group) is 1. The Labute approximate surface area is 191 Å². The van der Waals surface area contributed by atoms with Crippen molar-refractivity contribution in [3.63, 3.8) is 0 Å². The molecule has 0 fully saturated rings. The van der Waals surface area contributed by atoms with Crippen molar-refractivity contribution in [2.45, 2.75) is 84.8 Å². The molecule has 1 aromatic rings. The molecule has 2 heterocycles. The van der Waals surface area contributed by atoms with Crippen molar-refractivity contribution < 1.29 is 23.5 Å². The molecule has 176 valence electrons. The Hall–Kier alpha value is -1.67. The fourth-order valence-electron chi connectivity index (χ4n) is 3.70. The van der Waals surface area contributed by atoms with Gasteiger partial charge in [-0.2, -0.15) is 4.37 Å². The zero-order valence-corrected chi connectivity index (χ0v) is 20.5. The summed E-state index contributed by atoms with van der Waals surface area (Å²) in [5.74, 6) is 0.626. The average molecular weight is 455 g/mol. The van der Waals surface area contributed by atoms with Crippen LogP contribution in [0.5, 0.6) is 5.88 Å². The summed E-state index contributed by atoms with van der Waals surface area (Å²) in [4.78, 5) is 12.1. The van der Waals surface area contributed by atoms with Gasteiger partial charge in [0.05, 0.1) is 38.5 Å². The van der Waals surface area contributed by atoms with E-state index < -0.39 is 6.16 Å². The first-order valence-electron chi connectivity index (χ1n) is 11.8. The normalized spacial score (nSPS) is 19.5. The molecule has 1 aromatic heterocycles. The lowest BCUT2D eigenvalue weighted by Crippen LogP contribution is -2.55. The number of nitrogens with zero attached hydrogens (tertiary/aromatic N) is 3. The summed E-state index contributed by atoms with van der Waals surface area (Å²) < 4.78 is 26.3. The van der Waals surface area contributed by atoms with E-state index in [1.165, 1.54) is 31.0 Å². The maximum Gasteiger partial charge on any atom is 0.512 e. The molecule has 0 N–H and O–H groups in total. The van der Waals surface area contributed by atoms with E-state index in [-0.39, 0.29) is 6.23 Å². The molecule has 0 aliphatic carbocycles. The zero-order valence-electron chi connectivity index (χ0n) is 19.7.